The lowest BCUT2D eigenvalue weighted by Gasteiger charge is -2.38. The van der Waals surface area contributed by atoms with Gasteiger partial charge < -0.3 is 19.6 Å². The molecule has 2 rings (SSSR count). The number of piperazine rings is 1. The number of aromatic nitrogens is 1. The largest absolute Gasteiger partial charge is 0.465 e. The van der Waals surface area contributed by atoms with E-state index in [0.29, 0.717) is 31.0 Å². The second kappa shape index (κ2) is 6.17. The van der Waals surface area contributed by atoms with Crippen LogP contribution in [0.2, 0.25) is 5.15 Å². The molecule has 0 spiro atoms. The van der Waals surface area contributed by atoms with Gasteiger partial charge in [0.15, 0.2) is 0 Å². The standard InChI is InChI=1S/C13H16ClN3O4/c1-8-7-16(3-4-17(8)13(19)20)11-6-9(12(18)21-2)5-10(14)15-11/h5-6,8H,3-4,7H2,1-2H3,(H,19,20). The smallest absolute Gasteiger partial charge is 0.407 e. The number of hydrogen-bond acceptors (Lipinski definition) is 5. The van der Waals surface area contributed by atoms with Crippen molar-refractivity contribution in [3.05, 3.63) is 22.8 Å². The predicted molar refractivity (Wildman–Crippen MR) is 77.0 cm³/mol. The number of pyridine rings is 1. The maximum absolute atomic E-state index is 11.6. The summed E-state index contributed by atoms with van der Waals surface area (Å²) in [7, 11) is 1.30. The van der Waals surface area contributed by atoms with Gasteiger partial charge >= 0.3 is 12.1 Å². The number of amides is 1. The number of ether oxygens (including phenoxy) is 1. The minimum Gasteiger partial charge on any atom is -0.465 e. The van der Waals surface area contributed by atoms with Crippen LogP contribution in [0.3, 0.4) is 0 Å². The van der Waals surface area contributed by atoms with E-state index in [9.17, 15) is 9.59 Å². The van der Waals surface area contributed by atoms with Gasteiger partial charge in [-0.2, -0.15) is 0 Å². The van der Waals surface area contributed by atoms with Gasteiger partial charge in [-0.15, -0.1) is 0 Å². The molecule has 1 aromatic heterocycles. The van der Waals surface area contributed by atoms with Crippen molar-refractivity contribution in [2.75, 3.05) is 31.6 Å². The molecule has 0 bridgehead atoms. The first-order valence-corrected chi connectivity index (χ1v) is 6.80. The topological polar surface area (TPSA) is 83.0 Å². The van der Waals surface area contributed by atoms with Crippen LogP contribution in [0.25, 0.3) is 0 Å². The molecule has 1 fully saturated rings. The predicted octanol–water partition coefficient (Wildman–Crippen LogP) is 1.71. The van der Waals surface area contributed by atoms with Gasteiger partial charge in [0.25, 0.3) is 0 Å². The summed E-state index contributed by atoms with van der Waals surface area (Å²) in [4.78, 5) is 30.1. The fourth-order valence-electron chi connectivity index (χ4n) is 2.33. The Bertz CT molecular complexity index is 566. The van der Waals surface area contributed by atoms with E-state index in [1.54, 1.807) is 6.07 Å². The zero-order chi connectivity index (χ0) is 15.6. The molecule has 1 aliphatic rings. The number of methoxy groups -OCH3 is 1. The van der Waals surface area contributed by atoms with Crippen molar-refractivity contribution in [3.63, 3.8) is 0 Å². The third-order valence-electron chi connectivity index (χ3n) is 3.40. The Hall–Kier alpha value is -2.02. The summed E-state index contributed by atoms with van der Waals surface area (Å²) in [6.07, 6.45) is -0.934. The van der Waals surface area contributed by atoms with Gasteiger partial charge in [-0.3, -0.25) is 0 Å². The number of esters is 1. The van der Waals surface area contributed by atoms with Crippen molar-refractivity contribution in [2.45, 2.75) is 13.0 Å². The molecular formula is C13H16ClN3O4. The van der Waals surface area contributed by atoms with Crippen molar-refractivity contribution in [1.29, 1.82) is 0 Å². The van der Waals surface area contributed by atoms with Crippen molar-refractivity contribution >= 4 is 29.5 Å². The maximum atomic E-state index is 11.6. The Kier molecular flexibility index (Phi) is 4.52. The van der Waals surface area contributed by atoms with Gasteiger partial charge in [-0.25, -0.2) is 14.6 Å². The van der Waals surface area contributed by atoms with Gasteiger partial charge in [-0.1, -0.05) is 11.6 Å². The van der Waals surface area contributed by atoms with E-state index in [2.05, 4.69) is 9.72 Å². The number of carbonyl (C=O) groups is 2. The molecule has 114 valence electrons. The molecule has 1 aromatic rings. The normalized spacial score (nSPS) is 18.5. The lowest BCUT2D eigenvalue weighted by molar-refractivity contribution is 0.0600. The highest BCUT2D eigenvalue weighted by Crippen LogP contribution is 2.22. The molecule has 2 heterocycles. The highest BCUT2D eigenvalue weighted by molar-refractivity contribution is 6.29. The van der Waals surface area contributed by atoms with Crippen LogP contribution in [0.5, 0.6) is 0 Å². The Labute approximate surface area is 127 Å². The highest BCUT2D eigenvalue weighted by Gasteiger charge is 2.28. The summed E-state index contributed by atoms with van der Waals surface area (Å²) >= 11 is 5.94. The highest BCUT2D eigenvalue weighted by atomic mass is 35.5. The molecule has 7 nitrogen and oxygen atoms in total. The van der Waals surface area contributed by atoms with Crippen molar-refractivity contribution in [2.24, 2.45) is 0 Å². The molecule has 1 unspecified atom stereocenters. The molecule has 0 aromatic carbocycles. The molecule has 1 atom stereocenters. The van der Waals surface area contributed by atoms with E-state index in [1.807, 2.05) is 11.8 Å². The van der Waals surface area contributed by atoms with E-state index >= 15 is 0 Å². The minimum atomic E-state index is -0.934. The summed E-state index contributed by atoms with van der Waals surface area (Å²) in [5, 5.41) is 9.26. The average molecular weight is 314 g/mol. The zero-order valence-corrected chi connectivity index (χ0v) is 12.5. The number of nitrogens with zero attached hydrogens (tertiary/aromatic N) is 3. The van der Waals surface area contributed by atoms with E-state index in [4.69, 9.17) is 16.7 Å². The van der Waals surface area contributed by atoms with Crippen LogP contribution in [-0.4, -0.2) is 59.8 Å². The minimum absolute atomic E-state index is 0.168. The van der Waals surface area contributed by atoms with Gasteiger partial charge in [0.2, 0.25) is 0 Å². The fraction of sp³-hybridized carbons (Fsp3) is 0.462. The van der Waals surface area contributed by atoms with Crippen LogP contribution in [-0.2, 0) is 4.74 Å². The van der Waals surface area contributed by atoms with Gasteiger partial charge in [0.05, 0.1) is 12.7 Å². The summed E-state index contributed by atoms with van der Waals surface area (Å²) in [5.74, 6) is 0.0533. The SMILES string of the molecule is COC(=O)c1cc(Cl)nc(N2CCN(C(=O)O)C(C)C2)c1. The summed E-state index contributed by atoms with van der Waals surface area (Å²) < 4.78 is 4.67. The van der Waals surface area contributed by atoms with Gasteiger partial charge in [0.1, 0.15) is 11.0 Å². The average Bonchev–Trinajstić information content (AvgIpc) is 2.45. The van der Waals surface area contributed by atoms with Crippen LogP contribution >= 0.6 is 11.6 Å². The first-order valence-electron chi connectivity index (χ1n) is 6.42. The number of carbonyl (C=O) groups excluding carboxylic acids is 1. The molecule has 0 radical (unpaired) electrons. The van der Waals surface area contributed by atoms with E-state index in [-0.39, 0.29) is 11.2 Å². The van der Waals surface area contributed by atoms with Crippen LogP contribution in [0.4, 0.5) is 10.6 Å². The molecule has 1 amide bonds. The summed E-state index contributed by atoms with van der Waals surface area (Å²) in [6.45, 7) is 3.18. The Morgan fingerprint density at radius 2 is 2.14 bits per heavy atom. The van der Waals surface area contributed by atoms with E-state index in [0.717, 1.165) is 0 Å². The molecule has 1 aliphatic heterocycles. The monoisotopic (exact) mass is 313 g/mol. The Morgan fingerprint density at radius 3 is 2.71 bits per heavy atom. The van der Waals surface area contributed by atoms with Crippen LogP contribution in [0.1, 0.15) is 17.3 Å². The second-order valence-corrected chi connectivity index (χ2v) is 5.19. The second-order valence-electron chi connectivity index (χ2n) is 4.80. The Balaban J connectivity index is 2.21. The van der Waals surface area contributed by atoms with Gasteiger partial charge in [-0.05, 0) is 19.1 Å². The maximum Gasteiger partial charge on any atom is 0.407 e. The lowest BCUT2D eigenvalue weighted by Crippen LogP contribution is -2.54. The van der Waals surface area contributed by atoms with Crippen LogP contribution < -0.4 is 4.90 Å². The molecule has 8 heteroatoms. The molecule has 0 saturated carbocycles. The van der Waals surface area contributed by atoms with Crippen molar-refractivity contribution in [1.82, 2.24) is 9.88 Å². The molecule has 1 saturated heterocycles. The van der Waals surface area contributed by atoms with E-state index in [1.165, 1.54) is 18.1 Å². The Morgan fingerprint density at radius 1 is 1.43 bits per heavy atom. The first-order chi connectivity index (χ1) is 9.92. The molecule has 21 heavy (non-hydrogen) atoms. The van der Waals surface area contributed by atoms with E-state index < -0.39 is 12.1 Å². The molecule has 1 N–H and O–H groups in total. The molecular weight excluding hydrogens is 298 g/mol. The summed E-state index contributed by atoms with van der Waals surface area (Å²) in [5.41, 5.74) is 0.320. The summed E-state index contributed by atoms with van der Waals surface area (Å²) in [6, 6.07) is 2.87. The number of halogens is 1. The number of carboxylic acid groups (broad SMARTS) is 1. The van der Waals surface area contributed by atoms with Crippen LogP contribution in [0, 0.1) is 0 Å². The number of rotatable bonds is 2. The number of anilines is 1. The molecule has 0 aliphatic carbocycles. The third-order valence-corrected chi connectivity index (χ3v) is 3.59. The number of hydrogen-bond donors (Lipinski definition) is 1. The third kappa shape index (κ3) is 3.36. The quantitative estimate of drug-likeness (QED) is 0.661. The van der Waals surface area contributed by atoms with Crippen molar-refractivity contribution < 1.29 is 19.4 Å². The lowest BCUT2D eigenvalue weighted by atomic mass is 10.2. The van der Waals surface area contributed by atoms with Crippen LogP contribution in [0.15, 0.2) is 12.1 Å². The van der Waals surface area contributed by atoms with Gasteiger partial charge in [0, 0.05) is 25.7 Å². The fourth-order valence-corrected chi connectivity index (χ4v) is 2.53. The van der Waals surface area contributed by atoms with Crippen molar-refractivity contribution in [3.8, 4) is 0 Å². The zero-order valence-electron chi connectivity index (χ0n) is 11.7. The first kappa shape index (κ1) is 15.4.